The van der Waals surface area contributed by atoms with Crippen LogP contribution in [-0.4, -0.2) is 24.4 Å². The van der Waals surface area contributed by atoms with Gasteiger partial charge in [0.25, 0.3) is 5.91 Å². The fourth-order valence-corrected chi connectivity index (χ4v) is 3.55. The van der Waals surface area contributed by atoms with Crippen LogP contribution in [0.4, 0.5) is 11.4 Å². The molecule has 0 spiro atoms. The first-order valence-corrected chi connectivity index (χ1v) is 9.62. The molecule has 142 valence electrons. The lowest BCUT2D eigenvalue weighted by Gasteiger charge is -2.29. The molecule has 0 aliphatic heterocycles. The van der Waals surface area contributed by atoms with Crippen LogP contribution in [0.25, 0.3) is 0 Å². The zero-order valence-electron chi connectivity index (χ0n) is 15.7. The molecule has 5 nitrogen and oxygen atoms in total. The minimum Gasteiger partial charge on any atom is -0.324 e. The van der Waals surface area contributed by atoms with Gasteiger partial charge in [-0.3, -0.25) is 9.59 Å². The molecular weight excluding hydrogens is 338 g/mol. The van der Waals surface area contributed by atoms with Gasteiger partial charge in [-0.05, 0) is 43.0 Å². The second kappa shape index (κ2) is 9.33. The van der Waals surface area contributed by atoms with Gasteiger partial charge in [0.05, 0.1) is 17.8 Å². The van der Waals surface area contributed by atoms with Crippen molar-refractivity contribution in [3.05, 3.63) is 60.2 Å². The van der Waals surface area contributed by atoms with Crippen LogP contribution in [0.3, 0.4) is 0 Å². The first kappa shape index (κ1) is 19.1. The van der Waals surface area contributed by atoms with E-state index < -0.39 is 0 Å². The molecule has 1 saturated carbocycles. The third-order valence-corrected chi connectivity index (χ3v) is 5.11. The Bertz CT molecular complexity index is 776. The summed E-state index contributed by atoms with van der Waals surface area (Å²) in [6, 6.07) is 16.7. The van der Waals surface area contributed by atoms with E-state index in [1.165, 1.54) is 19.3 Å². The van der Waals surface area contributed by atoms with Crippen molar-refractivity contribution in [2.75, 3.05) is 17.2 Å². The quantitative estimate of drug-likeness (QED) is 0.723. The summed E-state index contributed by atoms with van der Waals surface area (Å²) >= 11 is 0. The Morgan fingerprint density at radius 3 is 2.41 bits per heavy atom. The zero-order chi connectivity index (χ0) is 19.1. The first-order chi connectivity index (χ1) is 13.1. The lowest BCUT2D eigenvalue weighted by atomic mass is 9.86. The minimum atomic E-state index is -0.244. The Morgan fingerprint density at radius 1 is 0.926 bits per heavy atom. The maximum absolute atomic E-state index is 12.6. The maximum atomic E-state index is 12.6. The Kier molecular flexibility index (Phi) is 6.60. The molecule has 0 aromatic heterocycles. The molecule has 0 saturated heterocycles. The number of carbonyl (C=O) groups is 2. The minimum absolute atomic E-state index is 0.132. The van der Waals surface area contributed by atoms with Crippen molar-refractivity contribution >= 4 is 23.2 Å². The third kappa shape index (κ3) is 5.41. The highest BCUT2D eigenvalue weighted by Crippen LogP contribution is 2.23. The second-order valence-electron chi connectivity index (χ2n) is 7.16. The van der Waals surface area contributed by atoms with Gasteiger partial charge < -0.3 is 16.0 Å². The van der Waals surface area contributed by atoms with Crippen molar-refractivity contribution in [3.8, 4) is 0 Å². The van der Waals surface area contributed by atoms with Crippen LogP contribution in [0, 0.1) is 5.92 Å². The molecule has 1 aliphatic carbocycles. The van der Waals surface area contributed by atoms with Crippen molar-refractivity contribution in [1.82, 2.24) is 5.32 Å². The van der Waals surface area contributed by atoms with E-state index in [9.17, 15) is 9.59 Å². The monoisotopic (exact) mass is 365 g/mol. The van der Waals surface area contributed by atoms with Crippen LogP contribution in [0.15, 0.2) is 54.6 Å². The number of hydrogen-bond donors (Lipinski definition) is 3. The Labute approximate surface area is 160 Å². The lowest BCUT2D eigenvalue weighted by molar-refractivity contribution is -0.115. The summed E-state index contributed by atoms with van der Waals surface area (Å²) in [6.45, 7) is 2.49. The van der Waals surface area contributed by atoms with Gasteiger partial charge in [-0.1, -0.05) is 50.1 Å². The lowest BCUT2D eigenvalue weighted by Crippen LogP contribution is -2.41. The molecule has 0 bridgehead atoms. The van der Waals surface area contributed by atoms with E-state index in [1.807, 2.05) is 36.4 Å². The molecule has 0 unspecified atom stereocenters. The van der Waals surface area contributed by atoms with Crippen molar-refractivity contribution in [1.29, 1.82) is 0 Å². The van der Waals surface area contributed by atoms with Crippen molar-refractivity contribution in [2.24, 2.45) is 5.92 Å². The van der Waals surface area contributed by atoms with Crippen LogP contribution in [0.2, 0.25) is 0 Å². The third-order valence-electron chi connectivity index (χ3n) is 5.11. The fraction of sp³-hybridized carbons (Fsp3) is 0.364. The van der Waals surface area contributed by atoms with Crippen LogP contribution < -0.4 is 16.0 Å². The summed E-state index contributed by atoms with van der Waals surface area (Å²) in [7, 11) is 0. The molecule has 2 aromatic carbocycles. The van der Waals surface area contributed by atoms with E-state index in [1.54, 1.807) is 18.2 Å². The van der Waals surface area contributed by atoms with Gasteiger partial charge in [0, 0.05) is 11.7 Å². The normalized spacial score (nSPS) is 19.3. The Morgan fingerprint density at radius 2 is 1.63 bits per heavy atom. The van der Waals surface area contributed by atoms with Crippen molar-refractivity contribution in [2.45, 2.75) is 38.6 Å². The number of benzene rings is 2. The molecule has 5 heteroatoms. The highest BCUT2D eigenvalue weighted by molar-refractivity contribution is 6.10. The van der Waals surface area contributed by atoms with Crippen LogP contribution in [0.1, 0.15) is 43.0 Å². The zero-order valence-corrected chi connectivity index (χ0v) is 15.7. The SMILES string of the molecule is C[C@@H]1CCCC[C@@H]1NCC(=O)Nc1ccccc1C(=O)Nc1ccccc1. The molecule has 2 amide bonds. The predicted molar refractivity (Wildman–Crippen MR) is 109 cm³/mol. The molecule has 27 heavy (non-hydrogen) atoms. The molecule has 0 heterocycles. The van der Waals surface area contributed by atoms with E-state index in [2.05, 4.69) is 22.9 Å². The van der Waals surface area contributed by atoms with E-state index in [0.29, 0.717) is 23.2 Å². The largest absolute Gasteiger partial charge is 0.324 e. The highest BCUT2D eigenvalue weighted by Gasteiger charge is 2.21. The average molecular weight is 365 g/mol. The maximum Gasteiger partial charge on any atom is 0.257 e. The van der Waals surface area contributed by atoms with Gasteiger partial charge in [0.2, 0.25) is 5.91 Å². The number of para-hydroxylation sites is 2. The molecule has 3 N–H and O–H groups in total. The van der Waals surface area contributed by atoms with Crippen molar-refractivity contribution < 1.29 is 9.59 Å². The van der Waals surface area contributed by atoms with Crippen molar-refractivity contribution in [3.63, 3.8) is 0 Å². The fourth-order valence-electron chi connectivity index (χ4n) is 3.55. The number of carbonyl (C=O) groups excluding carboxylic acids is 2. The Balaban J connectivity index is 1.59. The van der Waals surface area contributed by atoms with Gasteiger partial charge in [-0.15, -0.1) is 0 Å². The summed E-state index contributed by atoms with van der Waals surface area (Å²) in [5.41, 5.74) is 1.69. The van der Waals surface area contributed by atoms with Crippen LogP contribution in [0.5, 0.6) is 0 Å². The Hall–Kier alpha value is -2.66. The summed E-state index contributed by atoms with van der Waals surface area (Å²) in [5, 5.41) is 9.09. The average Bonchev–Trinajstić information content (AvgIpc) is 2.68. The summed E-state index contributed by atoms with van der Waals surface area (Å²) in [5.74, 6) is 0.217. The molecule has 2 atom stereocenters. The molecular formula is C22H27N3O2. The van der Waals surface area contributed by atoms with E-state index in [0.717, 1.165) is 12.1 Å². The van der Waals surface area contributed by atoms with Gasteiger partial charge in [0.1, 0.15) is 0 Å². The number of amides is 2. The van der Waals surface area contributed by atoms with Gasteiger partial charge in [0.15, 0.2) is 0 Å². The van der Waals surface area contributed by atoms with E-state index in [-0.39, 0.29) is 18.4 Å². The topological polar surface area (TPSA) is 70.2 Å². The van der Waals surface area contributed by atoms with Crippen LogP contribution >= 0.6 is 0 Å². The van der Waals surface area contributed by atoms with Crippen LogP contribution in [-0.2, 0) is 4.79 Å². The molecule has 0 radical (unpaired) electrons. The predicted octanol–water partition coefficient (Wildman–Crippen LogP) is 4.05. The van der Waals surface area contributed by atoms with Gasteiger partial charge >= 0.3 is 0 Å². The van der Waals surface area contributed by atoms with E-state index >= 15 is 0 Å². The molecule has 1 fully saturated rings. The number of anilines is 2. The number of rotatable bonds is 6. The molecule has 1 aliphatic rings. The standard InChI is InChI=1S/C22H27N3O2/c1-16-9-5-7-13-19(16)23-15-21(26)25-20-14-8-6-12-18(20)22(27)24-17-10-3-2-4-11-17/h2-4,6,8,10-12,14,16,19,23H,5,7,9,13,15H2,1H3,(H,24,27)(H,25,26)/t16-,19+/m1/s1. The highest BCUT2D eigenvalue weighted by atomic mass is 16.2. The summed E-state index contributed by atoms with van der Waals surface area (Å²) < 4.78 is 0. The second-order valence-corrected chi connectivity index (χ2v) is 7.16. The van der Waals surface area contributed by atoms with Gasteiger partial charge in [-0.25, -0.2) is 0 Å². The smallest absolute Gasteiger partial charge is 0.257 e. The number of hydrogen-bond acceptors (Lipinski definition) is 3. The molecule has 2 aromatic rings. The summed E-state index contributed by atoms with van der Waals surface area (Å²) in [6.07, 6.45) is 4.81. The molecule has 3 rings (SSSR count). The first-order valence-electron chi connectivity index (χ1n) is 9.62. The van der Waals surface area contributed by atoms with Gasteiger partial charge in [-0.2, -0.15) is 0 Å². The summed E-state index contributed by atoms with van der Waals surface area (Å²) in [4.78, 5) is 25.0. The van der Waals surface area contributed by atoms with E-state index in [4.69, 9.17) is 0 Å². The number of nitrogens with one attached hydrogen (secondary N) is 3.